The molecule has 1 atom stereocenters. The summed E-state index contributed by atoms with van der Waals surface area (Å²) in [4.78, 5) is 4.18. The third-order valence-electron chi connectivity index (χ3n) is 6.37. The summed E-state index contributed by atoms with van der Waals surface area (Å²) in [5.41, 5.74) is 2.09. The van der Waals surface area contributed by atoms with E-state index in [-0.39, 0.29) is 24.0 Å². The Bertz CT molecular complexity index is 1280. The molecule has 0 radical (unpaired) electrons. The van der Waals surface area contributed by atoms with Gasteiger partial charge in [-0.3, -0.25) is 4.90 Å². The molecule has 3 aromatic carbocycles. The number of piperazine rings is 1. The second-order valence-electron chi connectivity index (χ2n) is 8.44. The molecule has 1 aliphatic rings. The van der Waals surface area contributed by atoms with E-state index >= 15 is 4.39 Å². The fraction of sp³-hybridized carbons (Fsp3) is 0.269. The summed E-state index contributed by atoms with van der Waals surface area (Å²) in [5.74, 6) is 0.774. The number of nitrogens with zero attached hydrogens (tertiary/aromatic N) is 6. The maximum absolute atomic E-state index is 15.0. The van der Waals surface area contributed by atoms with Crippen LogP contribution < -0.4 is 9.64 Å². The number of hydrogen-bond acceptors (Lipinski definition) is 6. The minimum absolute atomic E-state index is 0. The van der Waals surface area contributed by atoms with Gasteiger partial charge in [0.2, 0.25) is 0 Å². The Morgan fingerprint density at radius 1 is 0.861 bits per heavy atom. The highest BCUT2D eigenvalue weighted by molar-refractivity contribution is 5.85. The van der Waals surface area contributed by atoms with Crippen molar-refractivity contribution in [3.63, 3.8) is 0 Å². The highest BCUT2D eigenvalue weighted by Crippen LogP contribution is 2.31. The molecule has 188 valence electrons. The summed E-state index contributed by atoms with van der Waals surface area (Å²) in [7, 11) is 1.62. The van der Waals surface area contributed by atoms with Crippen LogP contribution in [0.5, 0.6) is 5.75 Å². The van der Waals surface area contributed by atoms with Crippen LogP contribution in [0, 0.1) is 11.6 Å². The van der Waals surface area contributed by atoms with E-state index in [1.54, 1.807) is 36.1 Å². The number of rotatable bonds is 7. The largest absolute Gasteiger partial charge is 0.497 e. The molecule has 2 heterocycles. The van der Waals surface area contributed by atoms with Crippen LogP contribution in [0.1, 0.15) is 23.0 Å². The topological polar surface area (TPSA) is 59.3 Å². The number of methoxy groups -OCH3 is 1. The van der Waals surface area contributed by atoms with Crippen LogP contribution in [-0.4, -0.2) is 58.4 Å². The van der Waals surface area contributed by atoms with Gasteiger partial charge in [0.15, 0.2) is 5.82 Å². The van der Waals surface area contributed by atoms with Crippen molar-refractivity contribution in [1.82, 2.24) is 25.1 Å². The number of tetrazole rings is 1. The molecule has 1 unspecified atom stereocenters. The van der Waals surface area contributed by atoms with Gasteiger partial charge in [-0.2, -0.15) is 0 Å². The fourth-order valence-electron chi connectivity index (χ4n) is 4.55. The van der Waals surface area contributed by atoms with E-state index in [4.69, 9.17) is 4.74 Å². The summed E-state index contributed by atoms with van der Waals surface area (Å²) in [6, 6.07) is 20.7. The quantitative estimate of drug-likeness (QED) is 0.367. The van der Waals surface area contributed by atoms with Gasteiger partial charge in [0.25, 0.3) is 0 Å². The molecule has 0 amide bonds. The third kappa shape index (κ3) is 5.32. The van der Waals surface area contributed by atoms with E-state index in [1.165, 1.54) is 12.1 Å². The third-order valence-corrected chi connectivity index (χ3v) is 6.37. The first-order chi connectivity index (χ1) is 17.1. The summed E-state index contributed by atoms with van der Waals surface area (Å²) in [6.07, 6.45) is 0. The minimum atomic E-state index is -0.479. The molecule has 0 N–H and O–H groups in total. The summed E-state index contributed by atoms with van der Waals surface area (Å²) < 4.78 is 36.3. The van der Waals surface area contributed by atoms with Crippen LogP contribution in [0.3, 0.4) is 0 Å². The summed E-state index contributed by atoms with van der Waals surface area (Å²) >= 11 is 0. The lowest BCUT2D eigenvalue weighted by molar-refractivity contribution is 0.197. The predicted octanol–water partition coefficient (Wildman–Crippen LogP) is 4.34. The van der Waals surface area contributed by atoms with E-state index in [0.717, 1.165) is 11.3 Å². The molecule has 0 aliphatic carbocycles. The van der Waals surface area contributed by atoms with Gasteiger partial charge < -0.3 is 9.64 Å². The first-order valence-electron chi connectivity index (χ1n) is 11.5. The lowest BCUT2D eigenvalue weighted by Gasteiger charge is -2.40. The molecule has 7 nitrogen and oxygen atoms in total. The molecular formula is C26H27ClF2N6O. The SMILES string of the molecule is COc1ccc(Cn2nnnc2C(c2ccccc2F)N2CCN(c3ccccc3F)CC2)cc1.Cl. The van der Waals surface area contributed by atoms with Crippen LogP contribution in [0.15, 0.2) is 72.8 Å². The van der Waals surface area contributed by atoms with Crippen molar-refractivity contribution in [3.05, 3.63) is 101 Å². The van der Waals surface area contributed by atoms with Gasteiger partial charge >= 0.3 is 0 Å². The first kappa shape index (κ1) is 25.5. The molecular weight excluding hydrogens is 486 g/mol. The summed E-state index contributed by atoms with van der Waals surface area (Å²) in [5, 5.41) is 12.5. The van der Waals surface area contributed by atoms with Crippen LogP contribution in [0.2, 0.25) is 0 Å². The maximum Gasteiger partial charge on any atom is 0.173 e. The lowest BCUT2D eigenvalue weighted by atomic mass is 10.0. The van der Waals surface area contributed by atoms with Gasteiger partial charge in [0.1, 0.15) is 23.4 Å². The molecule has 1 fully saturated rings. The molecule has 4 aromatic rings. The first-order valence-corrected chi connectivity index (χ1v) is 11.5. The molecule has 0 bridgehead atoms. The molecule has 5 rings (SSSR count). The number of halogens is 3. The number of para-hydroxylation sites is 1. The van der Waals surface area contributed by atoms with E-state index in [2.05, 4.69) is 20.4 Å². The number of aromatic nitrogens is 4. The second-order valence-corrected chi connectivity index (χ2v) is 8.44. The lowest BCUT2D eigenvalue weighted by Crippen LogP contribution is -2.48. The molecule has 1 saturated heterocycles. The van der Waals surface area contributed by atoms with Crippen molar-refractivity contribution in [2.45, 2.75) is 12.6 Å². The van der Waals surface area contributed by atoms with E-state index in [1.807, 2.05) is 41.3 Å². The van der Waals surface area contributed by atoms with Gasteiger partial charge in [-0.05, 0) is 46.3 Å². The van der Waals surface area contributed by atoms with Crippen molar-refractivity contribution in [1.29, 1.82) is 0 Å². The highest BCUT2D eigenvalue weighted by Gasteiger charge is 2.32. The Kier molecular flexibility index (Phi) is 8.12. The zero-order chi connectivity index (χ0) is 24.2. The molecule has 0 saturated carbocycles. The van der Waals surface area contributed by atoms with Crippen LogP contribution in [-0.2, 0) is 6.54 Å². The molecule has 10 heteroatoms. The van der Waals surface area contributed by atoms with Crippen LogP contribution >= 0.6 is 12.4 Å². The van der Waals surface area contributed by atoms with Crippen molar-refractivity contribution in [2.24, 2.45) is 0 Å². The normalized spacial score (nSPS) is 14.8. The Hall–Kier alpha value is -3.56. The van der Waals surface area contributed by atoms with E-state index < -0.39 is 6.04 Å². The van der Waals surface area contributed by atoms with Gasteiger partial charge in [-0.15, -0.1) is 17.5 Å². The number of ether oxygens (including phenoxy) is 1. The molecule has 1 aliphatic heterocycles. The van der Waals surface area contributed by atoms with Crippen LogP contribution in [0.25, 0.3) is 0 Å². The zero-order valence-electron chi connectivity index (χ0n) is 19.8. The van der Waals surface area contributed by atoms with Crippen molar-refractivity contribution in [2.75, 3.05) is 38.2 Å². The second kappa shape index (κ2) is 11.5. The van der Waals surface area contributed by atoms with Crippen molar-refractivity contribution < 1.29 is 13.5 Å². The van der Waals surface area contributed by atoms with Gasteiger partial charge in [-0.25, -0.2) is 13.5 Å². The standard InChI is InChI=1S/C26H26F2N6O.ClH/c1-35-20-12-10-19(11-13-20)18-34-26(29-30-31-34)25(21-6-2-3-7-22(21)27)33-16-14-32(15-17-33)24-9-5-4-8-23(24)28;/h2-13,25H,14-18H2,1H3;1H. The highest BCUT2D eigenvalue weighted by atomic mass is 35.5. The average molecular weight is 513 g/mol. The Balaban J connectivity index is 0.00000304. The Morgan fingerprint density at radius 2 is 1.53 bits per heavy atom. The number of benzene rings is 3. The fourth-order valence-corrected chi connectivity index (χ4v) is 4.55. The van der Waals surface area contributed by atoms with Crippen molar-refractivity contribution >= 4 is 18.1 Å². The Labute approximate surface area is 214 Å². The summed E-state index contributed by atoms with van der Waals surface area (Å²) in [6.45, 7) is 2.84. The van der Waals surface area contributed by atoms with Crippen LogP contribution in [0.4, 0.5) is 14.5 Å². The van der Waals surface area contributed by atoms with Gasteiger partial charge in [0.05, 0.1) is 19.3 Å². The monoisotopic (exact) mass is 512 g/mol. The maximum atomic E-state index is 15.0. The van der Waals surface area contributed by atoms with E-state index in [9.17, 15) is 4.39 Å². The minimum Gasteiger partial charge on any atom is -0.497 e. The van der Waals surface area contributed by atoms with Gasteiger partial charge in [-0.1, -0.05) is 42.5 Å². The van der Waals surface area contributed by atoms with Crippen molar-refractivity contribution in [3.8, 4) is 5.75 Å². The smallest absolute Gasteiger partial charge is 0.173 e. The average Bonchev–Trinajstić information content (AvgIpc) is 3.34. The van der Waals surface area contributed by atoms with E-state index in [0.29, 0.717) is 49.8 Å². The molecule has 0 spiro atoms. The predicted molar refractivity (Wildman–Crippen MR) is 136 cm³/mol. The molecule has 36 heavy (non-hydrogen) atoms. The number of anilines is 1. The van der Waals surface area contributed by atoms with Gasteiger partial charge in [0, 0.05) is 31.7 Å². The Morgan fingerprint density at radius 3 is 2.19 bits per heavy atom. The number of hydrogen-bond donors (Lipinski definition) is 0. The zero-order valence-corrected chi connectivity index (χ0v) is 20.6. The molecule has 1 aromatic heterocycles.